The van der Waals surface area contributed by atoms with Gasteiger partial charge in [-0.3, -0.25) is 0 Å². The summed E-state index contributed by atoms with van der Waals surface area (Å²) >= 11 is 0. The molecule has 22 heavy (non-hydrogen) atoms. The average molecular weight is 298 g/mol. The molecule has 3 unspecified atom stereocenters. The molecule has 3 atom stereocenters. The number of fused-ring (bicyclic) bond motifs is 4. The van der Waals surface area contributed by atoms with Crippen LogP contribution in [0.4, 0.5) is 5.69 Å². The lowest BCUT2D eigenvalue weighted by Crippen LogP contribution is -2.45. The molecule has 1 aromatic carbocycles. The van der Waals surface area contributed by atoms with E-state index in [0.29, 0.717) is 5.41 Å². The van der Waals surface area contributed by atoms with Crippen LogP contribution in [0.2, 0.25) is 0 Å². The van der Waals surface area contributed by atoms with Crippen LogP contribution in [0.1, 0.15) is 45.5 Å². The molecule has 2 bridgehead atoms. The molecule has 120 valence electrons. The second-order valence-corrected chi connectivity index (χ2v) is 8.42. The van der Waals surface area contributed by atoms with Crippen molar-refractivity contribution in [3.05, 3.63) is 29.8 Å². The molecule has 2 aliphatic carbocycles. The highest BCUT2D eigenvalue weighted by molar-refractivity contribution is 5.60. The van der Waals surface area contributed by atoms with E-state index in [1.165, 1.54) is 57.4 Å². The van der Waals surface area contributed by atoms with Crippen LogP contribution in [0.5, 0.6) is 0 Å². The van der Waals surface area contributed by atoms with Gasteiger partial charge < -0.3 is 10.2 Å². The van der Waals surface area contributed by atoms with Crippen LogP contribution in [0.15, 0.2) is 24.3 Å². The minimum absolute atomic E-state index is 0. The second kappa shape index (κ2) is 4.99. The molecule has 1 aromatic rings. The van der Waals surface area contributed by atoms with Crippen LogP contribution in [-0.4, -0.2) is 31.1 Å². The first kappa shape index (κ1) is 13.4. The van der Waals surface area contributed by atoms with Gasteiger partial charge in [-0.15, -0.1) is 0 Å². The molecule has 3 fully saturated rings. The summed E-state index contributed by atoms with van der Waals surface area (Å²) in [4.78, 5) is 2.79. The lowest BCUT2D eigenvalue weighted by Gasteiger charge is -2.41. The molecule has 2 saturated carbocycles. The van der Waals surface area contributed by atoms with Crippen LogP contribution in [-0.2, 0) is 5.41 Å². The fourth-order valence-corrected chi connectivity index (χ4v) is 6.00. The van der Waals surface area contributed by atoms with Crippen molar-refractivity contribution in [3.63, 3.8) is 0 Å². The number of rotatable bonds is 2. The second-order valence-electron chi connectivity index (χ2n) is 8.42. The van der Waals surface area contributed by atoms with Crippen molar-refractivity contribution in [2.75, 3.05) is 31.5 Å². The molecule has 0 amide bonds. The van der Waals surface area contributed by atoms with E-state index in [-0.39, 0.29) is 1.43 Å². The third kappa shape index (κ3) is 2.03. The summed E-state index contributed by atoms with van der Waals surface area (Å²) in [7, 11) is 0. The Balaban J connectivity index is 0.00000135. The number of likely N-dealkylation sites (tertiary alicyclic amines) is 1. The number of nitrogens with zero attached hydrogens (tertiary/aromatic N) is 1. The summed E-state index contributed by atoms with van der Waals surface area (Å²) in [6.45, 7) is 5.18. The van der Waals surface area contributed by atoms with Gasteiger partial charge in [-0.25, -0.2) is 0 Å². The van der Waals surface area contributed by atoms with Crippen LogP contribution in [0, 0.1) is 17.8 Å². The first-order valence-corrected chi connectivity index (χ1v) is 9.38. The van der Waals surface area contributed by atoms with Crippen LogP contribution >= 0.6 is 0 Å². The van der Waals surface area contributed by atoms with Gasteiger partial charge in [-0.1, -0.05) is 24.6 Å². The van der Waals surface area contributed by atoms with Crippen molar-refractivity contribution in [2.45, 2.75) is 43.9 Å². The zero-order valence-corrected chi connectivity index (χ0v) is 13.6. The van der Waals surface area contributed by atoms with Gasteiger partial charge >= 0.3 is 0 Å². The van der Waals surface area contributed by atoms with Gasteiger partial charge in [0.1, 0.15) is 0 Å². The zero-order valence-electron chi connectivity index (χ0n) is 13.6. The first-order valence-electron chi connectivity index (χ1n) is 9.38. The highest BCUT2D eigenvalue weighted by atomic mass is 15.1. The quantitative estimate of drug-likeness (QED) is 0.883. The molecule has 2 aliphatic heterocycles. The van der Waals surface area contributed by atoms with Crippen LogP contribution in [0.3, 0.4) is 0 Å². The number of para-hydroxylation sites is 1. The fourth-order valence-electron chi connectivity index (χ4n) is 6.00. The molecule has 2 nitrogen and oxygen atoms in total. The monoisotopic (exact) mass is 298 g/mol. The number of benzene rings is 1. The summed E-state index contributed by atoms with van der Waals surface area (Å²) in [5.41, 5.74) is 3.42. The molecule has 4 aliphatic rings. The predicted molar refractivity (Wildman–Crippen MR) is 93.3 cm³/mol. The van der Waals surface area contributed by atoms with Gasteiger partial charge in [0.15, 0.2) is 0 Å². The number of hydrogen-bond acceptors (Lipinski definition) is 2. The SMILES string of the molecule is [HH].c1ccc2c(c1)NCC21CCN(CC2CC3CCC2C3)CC1. The largest absolute Gasteiger partial charge is 0.384 e. The number of hydrogen-bond donors (Lipinski definition) is 1. The van der Waals surface area contributed by atoms with E-state index in [9.17, 15) is 0 Å². The Hall–Kier alpha value is -1.02. The van der Waals surface area contributed by atoms with Crippen molar-refractivity contribution in [1.29, 1.82) is 0 Å². The predicted octanol–water partition coefficient (Wildman–Crippen LogP) is 4.13. The van der Waals surface area contributed by atoms with E-state index < -0.39 is 0 Å². The molecule has 0 aromatic heterocycles. The van der Waals surface area contributed by atoms with E-state index in [4.69, 9.17) is 0 Å². The Bertz CT molecular complexity index is 565. The summed E-state index contributed by atoms with van der Waals surface area (Å²) in [6, 6.07) is 9.00. The minimum atomic E-state index is 0. The van der Waals surface area contributed by atoms with Gasteiger partial charge in [-0.05, 0) is 74.6 Å². The maximum absolute atomic E-state index is 3.65. The van der Waals surface area contributed by atoms with E-state index >= 15 is 0 Å². The number of anilines is 1. The molecule has 2 heteroatoms. The number of nitrogens with one attached hydrogen (secondary N) is 1. The molecule has 1 spiro atoms. The maximum atomic E-state index is 3.65. The molecular formula is C20H30N2. The maximum Gasteiger partial charge on any atom is 0.0379 e. The Morgan fingerprint density at radius 3 is 2.77 bits per heavy atom. The Labute approximate surface area is 135 Å². The summed E-state index contributed by atoms with van der Waals surface area (Å²) in [5, 5.41) is 3.65. The Kier molecular flexibility index (Phi) is 3.04. The smallest absolute Gasteiger partial charge is 0.0379 e. The van der Waals surface area contributed by atoms with Gasteiger partial charge in [0.25, 0.3) is 0 Å². The normalized spacial score (nSPS) is 35.7. The molecule has 1 saturated heterocycles. The van der Waals surface area contributed by atoms with E-state index in [1.807, 2.05) is 0 Å². The first-order chi connectivity index (χ1) is 10.8. The van der Waals surface area contributed by atoms with E-state index in [1.54, 1.807) is 12.0 Å². The molecule has 2 heterocycles. The van der Waals surface area contributed by atoms with E-state index in [0.717, 1.165) is 24.3 Å². The van der Waals surface area contributed by atoms with Gasteiger partial charge in [0.2, 0.25) is 0 Å². The lowest BCUT2D eigenvalue weighted by molar-refractivity contribution is 0.129. The van der Waals surface area contributed by atoms with Gasteiger partial charge in [-0.2, -0.15) is 0 Å². The zero-order chi connectivity index (χ0) is 14.6. The summed E-state index contributed by atoms with van der Waals surface area (Å²) < 4.78 is 0. The summed E-state index contributed by atoms with van der Waals surface area (Å²) in [6.07, 6.45) is 8.85. The fraction of sp³-hybridized carbons (Fsp3) is 0.700. The Morgan fingerprint density at radius 2 is 2.00 bits per heavy atom. The third-order valence-corrected chi connectivity index (χ3v) is 7.31. The van der Waals surface area contributed by atoms with Crippen LogP contribution in [0.25, 0.3) is 0 Å². The summed E-state index contributed by atoms with van der Waals surface area (Å²) in [5.74, 6) is 3.20. The van der Waals surface area contributed by atoms with Gasteiger partial charge in [0, 0.05) is 25.6 Å². The third-order valence-electron chi connectivity index (χ3n) is 7.31. The number of piperidine rings is 1. The average Bonchev–Trinajstić information content (AvgIpc) is 3.25. The van der Waals surface area contributed by atoms with Crippen molar-refractivity contribution < 1.29 is 1.43 Å². The molecular weight excluding hydrogens is 268 g/mol. The Morgan fingerprint density at radius 1 is 1.14 bits per heavy atom. The highest BCUT2D eigenvalue weighted by Crippen LogP contribution is 2.49. The van der Waals surface area contributed by atoms with Crippen LogP contribution < -0.4 is 5.32 Å². The highest BCUT2D eigenvalue weighted by Gasteiger charge is 2.43. The molecule has 0 radical (unpaired) electrons. The van der Waals surface area contributed by atoms with Crippen molar-refractivity contribution >= 4 is 5.69 Å². The van der Waals surface area contributed by atoms with Gasteiger partial charge in [0.05, 0.1) is 0 Å². The standard InChI is InChI=1S/C20H28N2.H2/c1-2-4-19-18(3-1)20(14-21-19)7-9-22(10-8-20)13-17-12-15-5-6-16(17)11-15;/h1-4,15-17,21H,5-14H2;1H. The van der Waals surface area contributed by atoms with Crippen molar-refractivity contribution in [2.24, 2.45) is 17.8 Å². The van der Waals surface area contributed by atoms with E-state index in [2.05, 4.69) is 34.5 Å². The topological polar surface area (TPSA) is 15.3 Å². The minimum Gasteiger partial charge on any atom is -0.384 e. The van der Waals surface area contributed by atoms with Crippen molar-refractivity contribution in [1.82, 2.24) is 4.90 Å². The molecule has 5 rings (SSSR count). The lowest BCUT2D eigenvalue weighted by atomic mass is 9.74. The van der Waals surface area contributed by atoms with Crippen molar-refractivity contribution in [3.8, 4) is 0 Å². The molecule has 1 N–H and O–H groups in total.